The van der Waals surface area contributed by atoms with Crippen LogP contribution in [0.1, 0.15) is 28.9 Å². The van der Waals surface area contributed by atoms with E-state index in [1.807, 2.05) is 0 Å². The number of hydrogen-bond acceptors (Lipinski definition) is 6. The normalized spacial score (nSPS) is 16.5. The first kappa shape index (κ1) is 21.5. The van der Waals surface area contributed by atoms with Crippen LogP contribution in [0.15, 0.2) is 33.9 Å². The molecule has 1 aliphatic heterocycles. The van der Waals surface area contributed by atoms with E-state index >= 15 is 0 Å². The van der Waals surface area contributed by atoms with Gasteiger partial charge < -0.3 is 10.2 Å². The first-order chi connectivity index (χ1) is 13.5. The number of sulfonamides is 1. The number of pyridine rings is 2. The molecule has 156 valence electrons. The molecule has 2 aromatic rings. The van der Waals surface area contributed by atoms with E-state index in [4.69, 9.17) is 5.14 Å². The fraction of sp³-hybridized carbons (Fsp3) is 0.353. The topological polar surface area (TPSA) is 118 Å². The van der Waals surface area contributed by atoms with Gasteiger partial charge in [0, 0.05) is 48.4 Å². The molecule has 3 heterocycles. The third-order valence-electron chi connectivity index (χ3n) is 4.45. The number of rotatable bonds is 4. The summed E-state index contributed by atoms with van der Waals surface area (Å²) in [5.74, 6) is -3.01. The van der Waals surface area contributed by atoms with Crippen LogP contribution in [-0.4, -0.2) is 43.3 Å². The first-order valence-electron chi connectivity index (χ1n) is 8.56. The van der Waals surface area contributed by atoms with E-state index in [1.54, 1.807) is 17.9 Å². The molecule has 2 aromatic heterocycles. The number of carbonyl (C=O) groups is 1. The average Bonchev–Trinajstić information content (AvgIpc) is 2.63. The zero-order valence-electron chi connectivity index (χ0n) is 15.3. The molecule has 1 aliphatic rings. The van der Waals surface area contributed by atoms with Crippen molar-refractivity contribution in [3.8, 4) is 0 Å². The van der Waals surface area contributed by atoms with Crippen LogP contribution in [0.3, 0.4) is 0 Å². The molecule has 0 aromatic carbocycles. The summed E-state index contributed by atoms with van der Waals surface area (Å²) in [7, 11) is -4.04. The highest BCUT2D eigenvalue weighted by Crippen LogP contribution is 2.33. The number of nitrogens with one attached hydrogen (secondary N) is 1. The molecule has 0 spiro atoms. The van der Waals surface area contributed by atoms with Crippen LogP contribution in [0, 0.1) is 6.92 Å². The molecule has 0 saturated carbocycles. The number of halogens is 3. The Balaban J connectivity index is 1.92. The summed E-state index contributed by atoms with van der Waals surface area (Å²) in [6, 6.07) is 4.09. The largest absolute Gasteiger partial charge is 0.355 e. The van der Waals surface area contributed by atoms with Gasteiger partial charge in [0.05, 0.1) is 11.3 Å². The number of aryl methyl sites for hydroxylation is 1. The number of piperidine rings is 1. The number of amides is 1. The van der Waals surface area contributed by atoms with E-state index in [-0.39, 0.29) is 37.2 Å². The van der Waals surface area contributed by atoms with Crippen molar-refractivity contribution in [2.75, 3.05) is 23.3 Å². The Labute approximate surface area is 174 Å². The molecule has 1 fully saturated rings. The first-order valence-corrected chi connectivity index (χ1v) is 10.9. The van der Waals surface area contributed by atoms with Crippen LogP contribution in [0.25, 0.3) is 0 Å². The highest BCUT2D eigenvalue weighted by molar-refractivity contribution is 9.10. The zero-order valence-corrected chi connectivity index (χ0v) is 17.7. The number of carbonyl (C=O) groups excluding carboxylic acids is 1. The lowest BCUT2D eigenvalue weighted by Crippen LogP contribution is -2.40. The van der Waals surface area contributed by atoms with Crippen LogP contribution >= 0.6 is 15.9 Å². The van der Waals surface area contributed by atoms with Crippen molar-refractivity contribution in [1.82, 2.24) is 9.97 Å². The summed E-state index contributed by atoms with van der Waals surface area (Å²) in [5, 5.41) is 7.25. The van der Waals surface area contributed by atoms with Crippen molar-refractivity contribution >= 4 is 43.4 Å². The van der Waals surface area contributed by atoms with Gasteiger partial charge in [0.2, 0.25) is 0 Å². The Morgan fingerprint density at radius 2 is 1.97 bits per heavy atom. The van der Waals surface area contributed by atoms with Crippen molar-refractivity contribution in [2.24, 2.45) is 5.14 Å². The van der Waals surface area contributed by atoms with Gasteiger partial charge >= 0.3 is 0 Å². The summed E-state index contributed by atoms with van der Waals surface area (Å²) < 4.78 is 50.5. The van der Waals surface area contributed by atoms with Crippen molar-refractivity contribution < 1.29 is 22.0 Å². The van der Waals surface area contributed by atoms with Crippen LogP contribution in [0.2, 0.25) is 0 Å². The molecule has 3 N–H and O–H groups in total. The van der Waals surface area contributed by atoms with Crippen LogP contribution < -0.4 is 15.4 Å². The predicted molar refractivity (Wildman–Crippen MR) is 107 cm³/mol. The van der Waals surface area contributed by atoms with Gasteiger partial charge in [-0.25, -0.2) is 32.3 Å². The number of anilines is 2. The van der Waals surface area contributed by atoms with Gasteiger partial charge in [-0.2, -0.15) is 0 Å². The maximum Gasteiger partial charge on any atom is 0.259 e. The van der Waals surface area contributed by atoms with E-state index < -0.39 is 26.9 Å². The second-order valence-corrected chi connectivity index (χ2v) is 9.01. The molecule has 1 saturated heterocycles. The highest BCUT2D eigenvalue weighted by Gasteiger charge is 2.35. The quantitative estimate of drug-likeness (QED) is 0.681. The minimum atomic E-state index is -4.04. The predicted octanol–water partition coefficient (Wildman–Crippen LogP) is 2.68. The number of hydrogen-bond donors (Lipinski definition) is 2. The van der Waals surface area contributed by atoms with Crippen molar-refractivity contribution in [2.45, 2.75) is 30.7 Å². The molecule has 0 bridgehead atoms. The molecule has 12 heteroatoms. The smallest absolute Gasteiger partial charge is 0.259 e. The zero-order chi connectivity index (χ0) is 21.4. The summed E-state index contributed by atoms with van der Waals surface area (Å²) in [6.07, 6.45) is 0.548. The summed E-state index contributed by atoms with van der Waals surface area (Å²) in [5.41, 5.74) is 0.942. The third kappa shape index (κ3) is 5.06. The lowest BCUT2D eigenvalue weighted by atomic mass is 10.1. The number of nitrogens with zero attached hydrogens (tertiary/aromatic N) is 3. The molecular formula is C17H18BrF2N5O3S. The molecule has 0 aliphatic carbocycles. The summed E-state index contributed by atoms with van der Waals surface area (Å²) in [4.78, 5) is 22.6. The summed E-state index contributed by atoms with van der Waals surface area (Å²) >= 11 is 3.33. The van der Waals surface area contributed by atoms with E-state index in [0.717, 1.165) is 6.07 Å². The second kappa shape index (κ2) is 7.92. The Hall–Kier alpha value is -2.18. The minimum absolute atomic E-state index is 0.0617. The average molecular weight is 490 g/mol. The number of primary sulfonamides is 1. The molecular weight excluding hydrogens is 472 g/mol. The van der Waals surface area contributed by atoms with Crippen LogP contribution in [0.4, 0.5) is 20.3 Å². The molecule has 1 amide bonds. The standard InChI is InChI=1S/C17H18BrF2N5O3S/c1-10-13(18)9-12(15(23-10)25-6-3-17(19,20)4-7-25)16(26)24-11-2-5-22-14(8-11)29(21,27)28/h2,5,8-9H,3-4,6-7H2,1H3,(H2,21,27,28)(H,22,24,26). The van der Waals surface area contributed by atoms with Crippen molar-refractivity contribution in [3.05, 3.63) is 40.1 Å². The molecule has 3 rings (SSSR count). The van der Waals surface area contributed by atoms with Gasteiger partial charge in [0.25, 0.3) is 21.9 Å². The van der Waals surface area contributed by atoms with Gasteiger partial charge in [0.1, 0.15) is 5.82 Å². The Kier molecular flexibility index (Phi) is 5.88. The molecule has 29 heavy (non-hydrogen) atoms. The SMILES string of the molecule is Cc1nc(N2CCC(F)(F)CC2)c(C(=O)Nc2ccnc(S(N)(=O)=O)c2)cc1Br. The number of nitrogens with two attached hydrogens (primary N) is 1. The van der Waals surface area contributed by atoms with Gasteiger partial charge in [-0.3, -0.25) is 4.79 Å². The van der Waals surface area contributed by atoms with Crippen LogP contribution in [0.5, 0.6) is 0 Å². The highest BCUT2D eigenvalue weighted by atomic mass is 79.9. The summed E-state index contributed by atoms with van der Waals surface area (Å²) in [6.45, 7) is 1.85. The van der Waals surface area contributed by atoms with E-state index in [0.29, 0.717) is 16.0 Å². The lowest BCUT2D eigenvalue weighted by Gasteiger charge is -2.33. The Morgan fingerprint density at radius 3 is 2.59 bits per heavy atom. The van der Waals surface area contributed by atoms with E-state index in [1.165, 1.54) is 12.3 Å². The molecule has 8 nitrogen and oxygen atoms in total. The van der Waals surface area contributed by atoms with Gasteiger partial charge in [-0.1, -0.05) is 0 Å². The van der Waals surface area contributed by atoms with E-state index in [2.05, 4.69) is 31.2 Å². The number of alkyl halides is 2. The van der Waals surface area contributed by atoms with Gasteiger partial charge in [0.15, 0.2) is 5.03 Å². The van der Waals surface area contributed by atoms with Gasteiger partial charge in [-0.05, 0) is 35.0 Å². The fourth-order valence-electron chi connectivity index (χ4n) is 2.86. The maximum absolute atomic E-state index is 13.5. The molecule has 0 atom stereocenters. The molecule has 0 unspecified atom stereocenters. The minimum Gasteiger partial charge on any atom is -0.355 e. The lowest BCUT2D eigenvalue weighted by molar-refractivity contribution is -0.0221. The van der Waals surface area contributed by atoms with Crippen molar-refractivity contribution in [1.29, 1.82) is 0 Å². The third-order valence-corrected chi connectivity index (χ3v) is 6.06. The monoisotopic (exact) mass is 489 g/mol. The number of aromatic nitrogens is 2. The van der Waals surface area contributed by atoms with Crippen LogP contribution in [-0.2, 0) is 10.0 Å². The fourth-order valence-corrected chi connectivity index (χ4v) is 3.68. The van der Waals surface area contributed by atoms with Gasteiger partial charge in [-0.15, -0.1) is 0 Å². The van der Waals surface area contributed by atoms with E-state index in [9.17, 15) is 22.0 Å². The molecule has 0 radical (unpaired) electrons. The Bertz CT molecular complexity index is 1060. The Morgan fingerprint density at radius 1 is 1.31 bits per heavy atom. The second-order valence-electron chi connectivity index (χ2n) is 6.65. The maximum atomic E-state index is 13.5. The van der Waals surface area contributed by atoms with Crippen molar-refractivity contribution in [3.63, 3.8) is 0 Å².